The maximum atomic E-state index is 6.09. The fourth-order valence-corrected chi connectivity index (χ4v) is 3.92. The molecular formula is C22H17BrCl2N2O2. The van der Waals surface area contributed by atoms with E-state index in [2.05, 4.69) is 38.9 Å². The summed E-state index contributed by atoms with van der Waals surface area (Å²) in [5, 5.41) is 1.01. The predicted octanol–water partition coefficient (Wildman–Crippen LogP) is 7.20. The first kappa shape index (κ1) is 20.1. The van der Waals surface area contributed by atoms with Crippen LogP contribution in [0, 0.1) is 6.92 Å². The molecule has 4 aromatic rings. The summed E-state index contributed by atoms with van der Waals surface area (Å²) in [4.78, 5) is 8.05. The Labute approximate surface area is 186 Å². The van der Waals surface area contributed by atoms with E-state index >= 15 is 0 Å². The third kappa shape index (κ3) is 4.22. The van der Waals surface area contributed by atoms with E-state index in [4.69, 9.17) is 32.7 Å². The number of aryl methyl sites for hydroxylation is 1. The lowest BCUT2D eigenvalue weighted by Gasteiger charge is -2.14. The zero-order valence-corrected chi connectivity index (χ0v) is 18.8. The second kappa shape index (κ2) is 8.27. The van der Waals surface area contributed by atoms with Crippen LogP contribution in [0.2, 0.25) is 10.0 Å². The molecule has 3 aromatic carbocycles. The van der Waals surface area contributed by atoms with Crippen LogP contribution in [0.5, 0.6) is 11.5 Å². The largest absolute Gasteiger partial charge is 0.493 e. The quantitative estimate of drug-likeness (QED) is 0.321. The Kier molecular flexibility index (Phi) is 5.72. The minimum atomic E-state index is 0.328. The van der Waals surface area contributed by atoms with Crippen LogP contribution >= 0.6 is 39.1 Å². The van der Waals surface area contributed by atoms with Gasteiger partial charge in [-0.25, -0.2) is 4.98 Å². The molecule has 0 aliphatic heterocycles. The number of methoxy groups -OCH3 is 1. The molecule has 0 atom stereocenters. The number of imidazole rings is 1. The van der Waals surface area contributed by atoms with Gasteiger partial charge < -0.3 is 14.5 Å². The average Bonchev–Trinajstić information content (AvgIpc) is 3.12. The summed E-state index contributed by atoms with van der Waals surface area (Å²) in [5.74, 6) is 1.97. The molecule has 4 rings (SSSR count). The monoisotopic (exact) mass is 490 g/mol. The van der Waals surface area contributed by atoms with E-state index in [-0.39, 0.29) is 0 Å². The predicted molar refractivity (Wildman–Crippen MR) is 121 cm³/mol. The maximum absolute atomic E-state index is 6.09. The Hall–Kier alpha value is -2.21. The normalized spacial score (nSPS) is 11.1. The van der Waals surface area contributed by atoms with Crippen LogP contribution in [0.4, 0.5) is 0 Å². The molecule has 148 valence electrons. The lowest BCUT2D eigenvalue weighted by molar-refractivity contribution is 0.282. The number of nitrogens with zero attached hydrogens (tertiary/aromatic N) is 1. The van der Waals surface area contributed by atoms with E-state index < -0.39 is 0 Å². The van der Waals surface area contributed by atoms with Crippen molar-refractivity contribution < 1.29 is 9.47 Å². The van der Waals surface area contributed by atoms with Gasteiger partial charge in [-0.05, 0) is 70.4 Å². The van der Waals surface area contributed by atoms with Crippen LogP contribution < -0.4 is 9.47 Å². The van der Waals surface area contributed by atoms with E-state index in [1.807, 2.05) is 30.3 Å². The first-order chi connectivity index (χ1) is 13.9. The average molecular weight is 492 g/mol. The minimum Gasteiger partial charge on any atom is -0.493 e. The Morgan fingerprint density at radius 2 is 1.86 bits per heavy atom. The Balaban J connectivity index is 1.64. The van der Waals surface area contributed by atoms with E-state index in [9.17, 15) is 0 Å². The second-order valence-electron chi connectivity index (χ2n) is 6.63. The molecule has 1 aromatic heterocycles. The highest BCUT2D eigenvalue weighted by Gasteiger charge is 2.15. The van der Waals surface area contributed by atoms with Crippen molar-refractivity contribution in [1.29, 1.82) is 0 Å². The number of rotatable bonds is 5. The van der Waals surface area contributed by atoms with Crippen LogP contribution in [0.15, 0.2) is 53.0 Å². The van der Waals surface area contributed by atoms with Gasteiger partial charge in [-0.15, -0.1) is 0 Å². The van der Waals surface area contributed by atoms with E-state index in [1.54, 1.807) is 19.2 Å². The number of halogens is 3. The topological polar surface area (TPSA) is 47.1 Å². The molecule has 0 aliphatic carbocycles. The van der Waals surface area contributed by atoms with Crippen LogP contribution in [-0.4, -0.2) is 17.1 Å². The van der Waals surface area contributed by atoms with Gasteiger partial charge in [0.1, 0.15) is 12.4 Å². The summed E-state index contributed by atoms with van der Waals surface area (Å²) in [7, 11) is 1.61. The molecule has 0 saturated carbocycles. The SMILES string of the molecule is COc1cc(-c2nc3ccc(C)cc3[nH]2)cc(Br)c1OCc1ccc(Cl)c(Cl)c1. The number of benzene rings is 3. The molecule has 0 amide bonds. The Morgan fingerprint density at radius 1 is 1.03 bits per heavy atom. The van der Waals surface area contributed by atoms with Crippen molar-refractivity contribution in [2.75, 3.05) is 7.11 Å². The lowest BCUT2D eigenvalue weighted by atomic mass is 10.2. The number of aromatic nitrogens is 2. The molecule has 0 saturated heterocycles. The third-order valence-electron chi connectivity index (χ3n) is 4.51. The number of nitrogens with one attached hydrogen (secondary N) is 1. The third-order valence-corrected chi connectivity index (χ3v) is 5.84. The molecule has 1 N–H and O–H groups in total. The number of ether oxygens (including phenoxy) is 2. The summed E-state index contributed by atoms with van der Waals surface area (Å²) in [6.07, 6.45) is 0. The van der Waals surface area contributed by atoms with Crippen LogP contribution in [0.25, 0.3) is 22.4 Å². The summed E-state index contributed by atoms with van der Waals surface area (Å²) in [6.45, 7) is 2.38. The second-order valence-corrected chi connectivity index (χ2v) is 8.30. The summed E-state index contributed by atoms with van der Waals surface area (Å²) >= 11 is 15.7. The van der Waals surface area contributed by atoms with Crippen LogP contribution in [0.1, 0.15) is 11.1 Å². The molecule has 0 radical (unpaired) electrons. The molecule has 4 nitrogen and oxygen atoms in total. The van der Waals surface area contributed by atoms with Gasteiger partial charge in [0.2, 0.25) is 0 Å². The first-order valence-electron chi connectivity index (χ1n) is 8.85. The number of aromatic amines is 1. The minimum absolute atomic E-state index is 0.328. The van der Waals surface area contributed by atoms with Crippen molar-refractivity contribution in [2.24, 2.45) is 0 Å². The molecule has 0 bridgehead atoms. The smallest absolute Gasteiger partial charge is 0.175 e. The first-order valence-corrected chi connectivity index (χ1v) is 10.4. The maximum Gasteiger partial charge on any atom is 0.175 e. The standard InChI is InChI=1S/C22H17BrCl2N2O2/c1-12-3-6-18-19(7-12)27-22(26-18)14-9-15(23)21(20(10-14)28-2)29-11-13-4-5-16(24)17(25)8-13/h3-10H,11H2,1-2H3,(H,26,27). The number of H-pyrrole nitrogens is 1. The van der Waals surface area contributed by atoms with Crippen molar-refractivity contribution >= 4 is 50.2 Å². The highest BCUT2D eigenvalue weighted by Crippen LogP contribution is 2.40. The van der Waals surface area contributed by atoms with Crippen molar-refractivity contribution in [1.82, 2.24) is 9.97 Å². The molecule has 7 heteroatoms. The number of hydrogen-bond donors (Lipinski definition) is 1. The molecule has 1 heterocycles. The van der Waals surface area contributed by atoms with E-state index in [0.717, 1.165) is 32.5 Å². The molecular weight excluding hydrogens is 475 g/mol. The molecule has 0 aliphatic rings. The fraction of sp³-hybridized carbons (Fsp3) is 0.136. The van der Waals surface area contributed by atoms with Gasteiger partial charge in [-0.1, -0.05) is 35.3 Å². The van der Waals surface area contributed by atoms with Crippen molar-refractivity contribution in [2.45, 2.75) is 13.5 Å². The van der Waals surface area contributed by atoms with Crippen molar-refractivity contribution in [3.8, 4) is 22.9 Å². The van der Waals surface area contributed by atoms with Gasteiger partial charge >= 0.3 is 0 Å². The highest BCUT2D eigenvalue weighted by atomic mass is 79.9. The molecule has 0 fully saturated rings. The molecule has 29 heavy (non-hydrogen) atoms. The van der Waals surface area contributed by atoms with Gasteiger partial charge in [0.25, 0.3) is 0 Å². The molecule has 0 spiro atoms. The van der Waals surface area contributed by atoms with Crippen LogP contribution in [-0.2, 0) is 6.61 Å². The van der Waals surface area contributed by atoms with Gasteiger partial charge in [0, 0.05) is 5.56 Å². The fourth-order valence-electron chi connectivity index (χ4n) is 3.04. The van der Waals surface area contributed by atoms with Gasteiger partial charge in [0.05, 0.1) is 32.7 Å². The highest BCUT2D eigenvalue weighted by molar-refractivity contribution is 9.10. The van der Waals surface area contributed by atoms with Crippen molar-refractivity contribution in [3.63, 3.8) is 0 Å². The molecule has 0 unspecified atom stereocenters. The van der Waals surface area contributed by atoms with Gasteiger partial charge in [0.15, 0.2) is 11.5 Å². The zero-order chi connectivity index (χ0) is 20.5. The number of hydrogen-bond acceptors (Lipinski definition) is 3. The Morgan fingerprint density at radius 3 is 2.62 bits per heavy atom. The van der Waals surface area contributed by atoms with Crippen LogP contribution in [0.3, 0.4) is 0 Å². The van der Waals surface area contributed by atoms with Gasteiger partial charge in [-0.3, -0.25) is 0 Å². The lowest BCUT2D eigenvalue weighted by Crippen LogP contribution is -1.99. The number of fused-ring (bicyclic) bond motifs is 1. The van der Waals surface area contributed by atoms with E-state index in [0.29, 0.717) is 28.2 Å². The summed E-state index contributed by atoms with van der Waals surface area (Å²) < 4.78 is 12.3. The Bertz CT molecular complexity index is 1210. The van der Waals surface area contributed by atoms with E-state index in [1.165, 1.54) is 5.56 Å². The summed E-state index contributed by atoms with van der Waals surface area (Å²) in [6, 6.07) is 15.4. The van der Waals surface area contributed by atoms with Gasteiger partial charge in [-0.2, -0.15) is 0 Å². The zero-order valence-electron chi connectivity index (χ0n) is 15.7. The summed E-state index contributed by atoms with van der Waals surface area (Å²) in [5.41, 5.74) is 4.89. The van der Waals surface area contributed by atoms with Crippen molar-refractivity contribution in [3.05, 3.63) is 74.2 Å².